The summed E-state index contributed by atoms with van der Waals surface area (Å²) in [7, 11) is 0. The molecule has 0 saturated carbocycles. The lowest BCUT2D eigenvalue weighted by Crippen LogP contribution is -2.08. The number of ketones is 1. The summed E-state index contributed by atoms with van der Waals surface area (Å²) in [4.78, 5) is 13.9. The molecule has 0 fully saturated rings. The Bertz CT molecular complexity index is 906. The van der Waals surface area contributed by atoms with E-state index in [1.165, 1.54) is 11.7 Å². The maximum atomic E-state index is 12.9. The van der Waals surface area contributed by atoms with Crippen LogP contribution in [0.5, 0.6) is 5.75 Å². The van der Waals surface area contributed by atoms with Gasteiger partial charge in [0.05, 0.1) is 6.54 Å². The van der Waals surface area contributed by atoms with E-state index in [4.69, 9.17) is 4.74 Å². The van der Waals surface area contributed by atoms with Gasteiger partial charge in [-0.3, -0.25) is 4.79 Å². The number of ether oxygens (including phenoxy) is 1. The molecule has 27 heavy (non-hydrogen) atoms. The quantitative estimate of drug-likeness (QED) is 0.609. The molecule has 0 radical (unpaired) electrons. The molecule has 0 aliphatic heterocycles. The van der Waals surface area contributed by atoms with Crippen molar-refractivity contribution in [2.45, 2.75) is 39.6 Å². The van der Waals surface area contributed by atoms with E-state index in [0.717, 1.165) is 16.7 Å². The van der Waals surface area contributed by atoms with Crippen LogP contribution in [0.25, 0.3) is 11.4 Å². The molecule has 0 amide bonds. The van der Waals surface area contributed by atoms with Gasteiger partial charge in [0.25, 0.3) is 0 Å². The summed E-state index contributed by atoms with van der Waals surface area (Å²) in [5.41, 5.74) is 2.57. The highest BCUT2D eigenvalue weighted by molar-refractivity contribution is 5.83. The topological polar surface area (TPSA) is 69.9 Å². The molecule has 3 aromatic rings. The minimum Gasteiger partial charge on any atom is -0.461 e. The van der Waals surface area contributed by atoms with E-state index in [-0.39, 0.29) is 12.2 Å². The summed E-state index contributed by atoms with van der Waals surface area (Å²) in [5.74, 6) is 1.06. The van der Waals surface area contributed by atoms with Crippen LogP contribution in [0.2, 0.25) is 0 Å². The molecule has 0 saturated heterocycles. The van der Waals surface area contributed by atoms with Crippen molar-refractivity contribution in [3.05, 3.63) is 59.7 Å². The number of carbonyl (C=O) groups excluding carboxylic acids is 1. The molecular weight excluding hydrogens is 347 g/mol. The first-order chi connectivity index (χ1) is 13.0. The lowest BCUT2D eigenvalue weighted by Gasteiger charge is -2.08. The second-order valence-corrected chi connectivity index (χ2v) is 6.20. The van der Waals surface area contributed by atoms with Crippen LogP contribution in [0, 0.1) is 0 Å². The Hall–Kier alpha value is -3.09. The molecule has 6 nitrogen and oxygen atoms in total. The first-order valence-corrected chi connectivity index (χ1v) is 8.82. The fraction of sp³-hybridized carbons (Fsp3) is 0.300. The number of hydrogen-bond acceptors (Lipinski definition) is 5. The van der Waals surface area contributed by atoms with Crippen LogP contribution in [0.15, 0.2) is 48.5 Å². The molecule has 3 rings (SSSR count). The van der Waals surface area contributed by atoms with Gasteiger partial charge in [0.1, 0.15) is 11.5 Å². The number of alkyl halides is 1. The van der Waals surface area contributed by atoms with Crippen molar-refractivity contribution in [1.82, 2.24) is 20.2 Å². The molecule has 1 unspecified atom stereocenters. The lowest BCUT2D eigenvalue weighted by molar-refractivity contribution is -0.117. The Morgan fingerprint density at radius 3 is 2.56 bits per heavy atom. The molecule has 1 aromatic heterocycles. The van der Waals surface area contributed by atoms with Crippen LogP contribution in [-0.4, -0.2) is 32.3 Å². The van der Waals surface area contributed by atoms with Crippen molar-refractivity contribution >= 4 is 5.78 Å². The largest absolute Gasteiger partial charge is 0.461 e. The first-order valence-electron chi connectivity index (χ1n) is 8.82. The van der Waals surface area contributed by atoms with E-state index < -0.39 is 6.36 Å². The van der Waals surface area contributed by atoms with Gasteiger partial charge in [0.15, 0.2) is 0 Å². The molecular formula is C20H21FN4O2. The van der Waals surface area contributed by atoms with Crippen molar-refractivity contribution in [1.29, 1.82) is 0 Å². The van der Waals surface area contributed by atoms with Crippen LogP contribution in [0.4, 0.5) is 4.39 Å². The summed E-state index contributed by atoms with van der Waals surface area (Å²) < 4.78 is 18.0. The summed E-state index contributed by atoms with van der Waals surface area (Å²) in [6.45, 7) is 3.93. The monoisotopic (exact) mass is 368 g/mol. The van der Waals surface area contributed by atoms with Crippen LogP contribution in [0.3, 0.4) is 0 Å². The first kappa shape index (κ1) is 18.7. The molecule has 0 aliphatic rings. The molecule has 140 valence electrons. The van der Waals surface area contributed by atoms with Crippen molar-refractivity contribution < 1.29 is 13.9 Å². The predicted octanol–water partition coefficient (Wildman–Crippen LogP) is 3.41. The highest BCUT2D eigenvalue weighted by atomic mass is 19.1. The van der Waals surface area contributed by atoms with E-state index in [1.807, 2.05) is 37.3 Å². The Labute approximate surface area is 157 Å². The highest BCUT2D eigenvalue weighted by Crippen LogP contribution is 2.18. The van der Waals surface area contributed by atoms with E-state index in [1.54, 1.807) is 18.2 Å². The second-order valence-electron chi connectivity index (χ2n) is 6.20. The summed E-state index contributed by atoms with van der Waals surface area (Å²) in [5, 5.41) is 12.2. The third-order valence-corrected chi connectivity index (χ3v) is 3.95. The fourth-order valence-corrected chi connectivity index (χ4v) is 2.70. The van der Waals surface area contributed by atoms with E-state index in [0.29, 0.717) is 24.5 Å². The van der Waals surface area contributed by atoms with Crippen molar-refractivity contribution in [2.75, 3.05) is 0 Å². The molecule has 2 aromatic carbocycles. The van der Waals surface area contributed by atoms with Crippen LogP contribution in [-0.2, 0) is 24.2 Å². The molecule has 1 heterocycles. The minimum absolute atomic E-state index is 0.0725. The van der Waals surface area contributed by atoms with E-state index in [2.05, 4.69) is 15.4 Å². The molecule has 7 heteroatoms. The number of Topliss-reactive ketones (excluding diaryl/α,β-unsaturated/α-hetero) is 1. The van der Waals surface area contributed by atoms with Gasteiger partial charge >= 0.3 is 0 Å². The minimum atomic E-state index is -1.39. The average molecular weight is 368 g/mol. The van der Waals surface area contributed by atoms with Crippen molar-refractivity contribution in [2.24, 2.45) is 0 Å². The number of tetrazole rings is 1. The third-order valence-electron chi connectivity index (χ3n) is 3.95. The zero-order valence-corrected chi connectivity index (χ0v) is 15.3. The average Bonchev–Trinajstić information content (AvgIpc) is 3.11. The number of aryl methyl sites for hydroxylation is 1. The van der Waals surface area contributed by atoms with Gasteiger partial charge < -0.3 is 4.74 Å². The Morgan fingerprint density at radius 1 is 1.15 bits per heavy atom. The van der Waals surface area contributed by atoms with Gasteiger partial charge in [-0.2, -0.15) is 4.80 Å². The highest BCUT2D eigenvalue weighted by Gasteiger charge is 2.09. The summed E-state index contributed by atoms with van der Waals surface area (Å²) in [6.07, 6.45) is -0.797. The summed E-state index contributed by atoms with van der Waals surface area (Å²) in [6, 6.07) is 14.5. The fourth-order valence-electron chi connectivity index (χ4n) is 2.70. The van der Waals surface area contributed by atoms with E-state index in [9.17, 15) is 9.18 Å². The SMILES string of the molecule is CCn1nnc(-c2ccc(CC(=O)Cc3cccc(OC(C)F)c3)cc2)n1. The lowest BCUT2D eigenvalue weighted by atomic mass is 10.0. The number of aromatic nitrogens is 4. The van der Waals surface area contributed by atoms with E-state index >= 15 is 0 Å². The molecule has 0 bridgehead atoms. The number of benzene rings is 2. The summed E-state index contributed by atoms with van der Waals surface area (Å²) >= 11 is 0. The van der Waals surface area contributed by atoms with Crippen LogP contribution >= 0.6 is 0 Å². The molecule has 1 atom stereocenters. The smallest absolute Gasteiger partial charge is 0.235 e. The van der Waals surface area contributed by atoms with Crippen molar-refractivity contribution in [3.63, 3.8) is 0 Å². The number of carbonyl (C=O) groups is 1. The van der Waals surface area contributed by atoms with Gasteiger partial charge in [-0.1, -0.05) is 36.4 Å². The normalized spacial score (nSPS) is 12.0. The maximum Gasteiger partial charge on any atom is 0.235 e. The van der Waals surface area contributed by atoms with Crippen LogP contribution < -0.4 is 4.74 Å². The van der Waals surface area contributed by atoms with Crippen LogP contribution in [0.1, 0.15) is 25.0 Å². The second kappa shape index (κ2) is 8.53. The van der Waals surface area contributed by atoms with Gasteiger partial charge in [-0.15, -0.1) is 10.2 Å². The molecule has 0 N–H and O–H groups in total. The van der Waals surface area contributed by atoms with Gasteiger partial charge in [0, 0.05) is 25.3 Å². The predicted molar refractivity (Wildman–Crippen MR) is 99.0 cm³/mol. The van der Waals surface area contributed by atoms with Gasteiger partial charge in [0.2, 0.25) is 12.2 Å². The maximum absolute atomic E-state index is 12.9. The number of halogens is 1. The third kappa shape index (κ3) is 5.20. The zero-order chi connectivity index (χ0) is 19.2. The zero-order valence-electron chi connectivity index (χ0n) is 15.3. The standard InChI is InChI=1S/C20H21FN4O2/c1-3-25-23-20(22-24-25)17-9-7-15(8-10-17)11-18(26)12-16-5-4-6-19(13-16)27-14(2)21/h4-10,13-14H,3,11-12H2,1-2H3. The van der Waals surface area contributed by atoms with Crippen molar-refractivity contribution in [3.8, 4) is 17.1 Å². The van der Waals surface area contributed by atoms with Gasteiger partial charge in [-0.25, -0.2) is 4.39 Å². The number of rotatable bonds is 8. The Balaban J connectivity index is 1.61. The molecule has 0 aliphatic carbocycles. The Kier molecular flexibility index (Phi) is 5.90. The molecule has 0 spiro atoms. The number of nitrogens with zero attached hydrogens (tertiary/aromatic N) is 4. The number of hydrogen-bond donors (Lipinski definition) is 0. The van der Waals surface area contributed by atoms with Gasteiger partial charge in [-0.05, 0) is 35.4 Å². The Morgan fingerprint density at radius 2 is 1.89 bits per heavy atom.